The molecule has 0 unspecified atom stereocenters. The zero-order valence-corrected chi connectivity index (χ0v) is 19.6. The molecule has 1 aromatic rings. The predicted molar refractivity (Wildman–Crippen MR) is 126 cm³/mol. The zero-order chi connectivity index (χ0) is 21.9. The molecule has 0 N–H and O–H groups in total. The minimum absolute atomic E-state index is 0.104. The van der Waals surface area contributed by atoms with Crippen molar-refractivity contribution >= 4 is 5.97 Å². The van der Waals surface area contributed by atoms with Crippen LogP contribution in [0, 0.1) is 5.92 Å². The molecule has 2 aliphatic rings. The van der Waals surface area contributed by atoms with Crippen molar-refractivity contribution < 1.29 is 13.9 Å². The van der Waals surface area contributed by atoms with Gasteiger partial charge in [0.05, 0.1) is 0 Å². The number of unbranched alkanes of at least 4 members (excludes halogenated alkanes) is 3. The van der Waals surface area contributed by atoms with Gasteiger partial charge in [0.25, 0.3) is 0 Å². The molecule has 0 aromatic heterocycles. The molecule has 0 heterocycles. The van der Waals surface area contributed by atoms with Gasteiger partial charge in [-0.05, 0) is 74.3 Å². The average Bonchev–Trinajstić information content (AvgIpc) is 2.82. The highest BCUT2D eigenvalue weighted by molar-refractivity contribution is 5.74. The Morgan fingerprint density at radius 1 is 0.968 bits per heavy atom. The summed E-state index contributed by atoms with van der Waals surface area (Å²) in [6, 6.07) is 9.25. The Bertz CT molecular complexity index is 627. The Labute approximate surface area is 189 Å². The second-order valence-corrected chi connectivity index (χ2v) is 10.0. The van der Waals surface area contributed by atoms with Gasteiger partial charge in [-0.2, -0.15) is 0 Å². The maximum Gasteiger partial charge on any atom is 0.340 e. The van der Waals surface area contributed by atoms with E-state index in [1.54, 1.807) is 0 Å². The first-order valence-corrected chi connectivity index (χ1v) is 13.1. The van der Waals surface area contributed by atoms with E-state index in [0.717, 1.165) is 57.3 Å². The van der Waals surface area contributed by atoms with Crippen LogP contribution in [0.1, 0.15) is 120 Å². The first-order chi connectivity index (χ1) is 15.2. The monoisotopic (exact) mass is 430 g/mol. The van der Waals surface area contributed by atoms with Crippen LogP contribution >= 0.6 is 0 Å². The van der Waals surface area contributed by atoms with Crippen molar-refractivity contribution in [2.24, 2.45) is 5.92 Å². The predicted octanol–water partition coefficient (Wildman–Crippen LogP) is 8.08. The smallest absolute Gasteiger partial charge is 0.340 e. The Balaban J connectivity index is 1.35. The fourth-order valence-corrected chi connectivity index (χ4v) is 5.42. The lowest BCUT2D eigenvalue weighted by Gasteiger charge is -2.29. The van der Waals surface area contributed by atoms with Gasteiger partial charge in [-0.1, -0.05) is 82.6 Å². The number of hydrogen-bond acceptors (Lipinski definition) is 2. The lowest BCUT2D eigenvalue weighted by atomic mass is 9.82. The van der Waals surface area contributed by atoms with Gasteiger partial charge >= 0.3 is 5.97 Å². The molecule has 2 saturated carbocycles. The van der Waals surface area contributed by atoms with Crippen LogP contribution in [0.25, 0.3) is 0 Å². The third kappa shape index (κ3) is 8.24. The summed E-state index contributed by atoms with van der Waals surface area (Å²) in [6.07, 6.45) is 16.2. The molecule has 31 heavy (non-hydrogen) atoms. The number of ether oxygens (including phenoxy) is 1. The highest BCUT2D eigenvalue weighted by Gasteiger charge is 2.27. The van der Waals surface area contributed by atoms with Crippen LogP contribution in [0.3, 0.4) is 0 Å². The van der Waals surface area contributed by atoms with Crippen molar-refractivity contribution in [2.75, 3.05) is 0 Å². The number of esters is 1. The number of benzene rings is 1. The van der Waals surface area contributed by atoms with E-state index in [4.69, 9.17) is 4.74 Å². The molecular formula is C28H43FO2. The van der Waals surface area contributed by atoms with Gasteiger partial charge < -0.3 is 4.74 Å². The van der Waals surface area contributed by atoms with Gasteiger partial charge in [0.15, 0.2) is 6.17 Å². The van der Waals surface area contributed by atoms with Crippen LogP contribution in [0.5, 0.6) is 0 Å². The topological polar surface area (TPSA) is 26.3 Å². The first kappa shape index (κ1) is 24.3. The SMILES string of the molecule is CCCCCC[C@H](F)C(=O)OC1CCC(c2ccc(CCC3CCCCC3)cc2)CC1. The number of rotatable bonds is 11. The van der Waals surface area contributed by atoms with Crippen LogP contribution in [0.2, 0.25) is 0 Å². The average molecular weight is 431 g/mol. The standard InChI is InChI=1S/C28H43FO2/c1-2-3-4-8-11-27(29)28(30)31-26-20-18-25(19-21-26)24-16-14-23(15-17-24)13-12-22-9-6-5-7-10-22/h14-17,22,25-27H,2-13,18-21H2,1H3/t25?,26?,27-/m0/s1. The normalized spacial score (nSPS) is 23.4. The quantitative estimate of drug-likeness (QED) is 0.262. The van der Waals surface area contributed by atoms with Crippen molar-refractivity contribution in [2.45, 2.75) is 128 Å². The summed E-state index contributed by atoms with van der Waals surface area (Å²) in [6.45, 7) is 2.13. The summed E-state index contributed by atoms with van der Waals surface area (Å²) in [5.41, 5.74) is 2.87. The van der Waals surface area contributed by atoms with Crippen molar-refractivity contribution in [1.29, 1.82) is 0 Å². The minimum atomic E-state index is -1.45. The highest BCUT2D eigenvalue weighted by Crippen LogP contribution is 2.35. The molecule has 2 nitrogen and oxygen atoms in total. The molecule has 0 spiro atoms. The highest BCUT2D eigenvalue weighted by atomic mass is 19.1. The van der Waals surface area contributed by atoms with Crippen LogP contribution < -0.4 is 0 Å². The van der Waals surface area contributed by atoms with Gasteiger partial charge in [0, 0.05) is 0 Å². The number of carbonyl (C=O) groups is 1. The molecule has 0 radical (unpaired) electrons. The van der Waals surface area contributed by atoms with E-state index in [9.17, 15) is 9.18 Å². The van der Waals surface area contributed by atoms with Crippen LogP contribution in [-0.2, 0) is 16.0 Å². The van der Waals surface area contributed by atoms with Gasteiger partial charge in [-0.25, -0.2) is 9.18 Å². The molecule has 2 fully saturated rings. The summed E-state index contributed by atoms with van der Waals surface area (Å²) in [5, 5.41) is 0. The van der Waals surface area contributed by atoms with Gasteiger partial charge in [-0.15, -0.1) is 0 Å². The molecular weight excluding hydrogens is 387 g/mol. The van der Waals surface area contributed by atoms with Crippen molar-refractivity contribution in [1.82, 2.24) is 0 Å². The number of hydrogen-bond donors (Lipinski definition) is 0. The van der Waals surface area contributed by atoms with E-state index >= 15 is 0 Å². The van der Waals surface area contributed by atoms with E-state index in [0.29, 0.717) is 12.3 Å². The van der Waals surface area contributed by atoms with Crippen LogP contribution in [-0.4, -0.2) is 18.2 Å². The lowest BCUT2D eigenvalue weighted by Crippen LogP contribution is -2.28. The summed E-state index contributed by atoms with van der Waals surface area (Å²) < 4.78 is 19.6. The molecule has 1 atom stereocenters. The molecule has 0 bridgehead atoms. The van der Waals surface area contributed by atoms with Gasteiger partial charge in [0.2, 0.25) is 0 Å². The minimum Gasteiger partial charge on any atom is -0.460 e. The molecule has 3 rings (SSSR count). The second-order valence-electron chi connectivity index (χ2n) is 10.0. The number of halogens is 1. The molecule has 0 saturated heterocycles. The van der Waals surface area contributed by atoms with E-state index in [1.807, 2.05) is 0 Å². The Morgan fingerprint density at radius 2 is 1.68 bits per heavy atom. The Hall–Kier alpha value is -1.38. The second kappa shape index (κ2) is 13.2. The fraction of sp³-hybridized carbons (Fsp3) is 0.750. The number of carbonyl (C=O) groups excluding carboxylic acids is 1. The third-order valence-corrected chi connectivity index (χ3v) is 7.54. The van der Waals surface area contributed by atoms with Gasteiger partial charge in [-0.3, -0.25) is 0 Å². The summed E-state index contributed by atoms with van der Waals surface area (Å²) in [7, 11) is 0. The largest absolute Gasteiger partial charge is 0.460 e. The fourth-order valence-electron chi connectivity index (χ4n) is 5.42. The summed E-state index contributed by atoms with van der Waals surface area (Å²) in [4.78, 5) is 12.0. The number of alkyl halides is 1. The van der Waals surface area contributed by atoms with E-state index in [-0.39, 0.29) is 6.10 Å². The number of aryl methyl sites for hydroxylation is 1. The first-order valence-electron chi connectivity index (χ1n) is 13.1. The maximum absolute atomic E-state index is 14.1. The zero-order valence-electron chi connectivity index (χ0n) is 19.6. The van der Waals surface area contributed by atoms with Crippen molar-refractivity contribution in [3.8, 4) is 0 Å². The summed E-state index contributed by atoms with van der Waals surface area (Å²) in [5.74, 6) is 0.839. The van der Waals surface area contributed by atoms with E-state index in [1.165, 1.54) is 56.1 Å². The summed E-state index contributed by atoms with van der Waals surface area (Å²) >= 11 is 0. The Kier molecular flexibility index (Phi) is 10.4. The third-order valence-electron chi connectivity index (χ3n) is 7.54. The van der Waals surface area contributed by atoms with Crippen molar-refractivity contribution in [3.05, 3.63) is 35.4 Å². The van der Waals surface area contributed by atoms with Crippen LogP contribution in [0.15, 0.2) is 24.3 Å². The molecule has 2 aliphatic carbocycles. The molecule has 3 heteroatoms. The van der Waals surface area contributed by atoms with E-state index < -0.39 is 12.1 Å². The van der Waals surface area contributed by atoms with E-state index in [2.05, 4.69) is 31.2 Å². The molecule has 0 amide bonds. The maximum atomic E-state index is 14.1. The van der Waals surface area contributed by atoms with Crippen molar-refractivity contribution in [3.63, 3.8) is 0 Å². The molecule has 0 aliphatic heterocycles. The molecule has 174 valence electrons. The van der Waals surface area contributed by atoms with Gasteiger partial charge in [0.1, 0.15) is 6.10 Å². The Morgan fingerprint density at radius 3 is 2.35 bits per heavy atom. The lowest BCUT2D eigenvalue weighted by molar-refractivity contribution is -0.157. The van der Waals surface area contributed by atoms with Crippen LogP contribution in [0.4, 0.5) is 4.39 Å². The molecule has 1 aromatic carbocycles.